The van der Waals surface area contributed by atoms with Crippen LogP contribution >= 0.6 is 0 Å². The maximum absolute atomic E-state index is 13.1. The first-order valence-electron chi connectivity index (χ1n) is 6.09. The predicted octanol–water partition coefficient (Wildman–Crippen LogP) is 2.14. The number of carbonyl (C=O) groups excluding carboxylic acids is 1. The van der Waals surface area contributed by atoms with Gasteiger partial charge in [0.2, 0.25) is 0 Å². The Labute approximate surface area is 123 Å². The van der Waals surface area contributed by atoms with Gasteiger partial charge in [0.25, 0.3) is 0 Å². The Bertz CT molecular complexity index is 710. The van der Waals surface area contributed by atoms with E-state index in [1.54, 1.807) is 6.92 Å². The quantitative estimate of drug-likeness (QED) is 0.491. The van der Waals surface area contributed by atoms with E-state index in [0.717, 1.165) is 16.9 Å². The first-order valence-corrected chi connectivity index (χ1v) is 6.09. The molecule has 1 heterocycles. The fourth-order valence-corrected chi connectivity index (χ4v) is 1.74. The van der Waals surface area contributed by atoms with Crippen molar-refractivity contribution in [3.63, 3.8) is 0 Å². The van der Waals surface area contributed by atoms with Crippen molar-refractivity contribution in [2.24, 2.45) is 0 Å². The van der Waals surface area contributed by atoms with Crippen LogP contribution in [-0.4, -0.2) is 26.2 Å². The summed E-state index contributed by atoms with van der Waals surface area (Å²) in [4.78, 5) is 12.4. The highest BCUT2D eigenvalue weighted by molar-refractivity contribution is 5.83. The summed E-state index contributed by atoms with van der Waals surface area (Å²) in [6.45, 7) is 4.64. The molecule has 2 aromatic rings. The molecular weight excluding hydrogens is 301 g/mol. The SMILES string of the molecule is C=CC(=O)Oc1c(Cn2nnc(C)n2)cccc1C(F)(F)F. The van der Waals surface area contributed by atoms with Gasteiger partial charge in [0.1, 0.15) is 5.75 Å². The molecule has 116 valence electrons. The molecular formula is C13H11F3N4O2. The summed E-state index contributed by atoms with van der Waals surface area (Å²) >= 11 is 0. The van der Waals surface area contributed by atoms with Crippen molar-refractivity contribution in [2.75, 3.05) is 0 Å². The number of nitrogens with zero attached hydrogens (tertiary/aromatic N) is 4. The Hall–Kier alpha value is -2.71. The Kier molecular flexibility index (Phi) is 4.25. The fraction of sp³-hybridized carbons (Fsp3) is 0.231. The number of rotatable bonds is 4. The van der Waals surface area contributed by atoms with Gasteiger partial charge in [-0.1, -0.05) is 18.7 Å². The van der Waals surface area contributed by atoms with E-state index in [1.165, 1.54) is 12.1 Å². The molecule has 0 fully saturated rings. The van der Waals surface area contributed by atoms with Gasteiger partial charge in [-0.2, -0.15) is 18.0 Å². The lowest BCUT2D eigenvalue weighted by Gasteiger charge is -2.15. The molecule has 2 rings (SSSR count). The second-order valence-corrected chi connectivity index (χ2v) is 4.28. The first kappa shape index (κ1) is 15.7. The molecule has 0 atom stereocenters. The largest absolute Gasteiger partial charge is 0.422 e. The van der Waals surface area contributed by atoms with Crippen molar-refractivity contribution in [1.29, 1.82) is 0 Å². The zero-order chi connectivity index (χ0) is 16.3. The van der Waals surface area contributed by atoms with Gasteiger partial charge in [-0.25, -0.2) is 4.79 Å². The van der Waals surface area contributed by atoms with Crippen LogP contribution in [0.25, 0.3) is 0 Å². The number of hydrogen-bond donors (Lipinski definition) is 0. The van der Waals surface area contributed by atoms with E-state index in [-0.39, 0.29) is 12.1 Å². The normalized spacial score (nSPS) is 11.3. The van der Waals surface area contributed by atoms with Gasteiger partial charge in [-0.05, 0) is 18.2 Å². The van der Waals surface area contributed by atoms with E-state index in [4.69, 9.17) is 4.74 Å². The third-order valence-corrected chi connectivity index (χ3v) is 2.64. The molecule has 9 heteroatoms. The van der Waals surface area contributed by atoms with Crippen LogP contribution in [-0.2, 0) is 17.5 Å². The summed E-state index contributed by atoms with van der Waals surface area (Å²) in [6.07, 6.45) is -3.88. The average Bonchev–Trinajstić information content (AvgIpc) is 2.84. The van der Waals surface area contributed by atoms with E-state index < -0.39 is 23.5 Å². The molecule has 0 aliphatic heterocycles. The van der Waals surface area contributed by atoms with Gasteiger partial charge in [-0.3, -0.25) is 0 Å². The Morgan fingerprint density at radius 1 is 1.45 bits per heavy atom. The van der Waals surface area contributed by atoms with Crippen molar-refractivity contribution < 1.29 is 22.7 Å². The zero-order valence-electron chi connectivity index (χ0n) is 11.5. The van der Waals surface area contributed by atoms with Crippen LogP contribution in [0.3, 0.4) is 0 Å². The maximum Gasteiger partial charge on any atom is 0.419 e. The van der Waals surface area contributed by atoms with Crippen molar-refractivity contribution in [2.45, 2.75) is 19.6 Å². The summed E-state index contributed by atoms with van der Waals surface area (Å²) in [5.74, 6) is -1.20. The summed E-state index contributed by atoms with van der Waals surface area (Å²) in [6, 6.07) is 3.43. The second-order valence-electron chi connectivity index (χ2n) is 4.28. The van der Waals surface area contributed by atoms with Crippen molar-refractivity contribution in [1.82, 2.24) is 20.2 Å². The Balaban J connectivity index is 2.47. The third kappa shape index (κ3) is 3.48. The summed E-state index contributed by atoms with van der Waals surface area (Å²) in [5, 5.41) is 11.2. The summed E-state index contributed by atoms with van der Waals surface area (Å²) < 4.78 is 43.9. The van der Waals surface area contributed by atoms with Crippen LogP contribution in [0.2, 0.25) is 0 Å². The van der Waals surface area contributed by atoms with Gasteiger partial charge in [0, 0.05) is 11.6 Å². The highest BCUT2D eigenvalue weighted by atomic mass is 19.4. The van der Waals surface area contributed by atoms with Crippen molar-refractivity contribution >= 4 is 5.97 Å². The minimum absolute atomic E-state index is 0.0995. The summed E-state index contributed by atoms with van der Waals surface area (Å²) in [5.41, 5.74) is -0.959. The minimum Gasteiger partial charge on any atom is -0.422 e. The molecule has 6 nitrogen and oxygen atoms in total. The van der Waals surface area contributed by atoms with E-state index in [9.17, 15) is 18.0 Å². The highest BCUT2D eigenvalue weighted by Crippen LogP contribution is 2.38. The molecule has 0 aliphatic rings. The fourth-order valence-electron chi connectivity index (χ4n) is 1.74. The predicted molar refractivity (Wildman–Crippen MR) is 68.9 cm³/mol. The van der Waals surface area contributed by atoms with E-state index in [2.05, 4.69) is 22.0 Å². The lowest BCUT2D eigenvalue weighted by Crippen LogP contribution is -2.15. The van der Waals surface area contributed by atoms with Crippen LogP contribution in [0.15, 0.2) is 30.9 Å². The number of aryl methyl sites for hydroxylation is 1. The van der Waals surface area contributed by atoms with E-state index in [1.807, 2.05) is 0 Å². The lowest BCUT2D eigenvalue weighted by molar-refractivity contribution is -0.141. The Morgan fingerprint density at radius 2 is 2.18 bits per heavy atom. The number of alkyl halides is 3. The van der Waals surface area contributed by atoms with Crippen LogP contribution in [0.5, 0.6) is 5.75 Å². The minimum atomic E-state index is -4.67. The molecule has 0 amide bonds. The number of ether oxygens (including phenoxy) is 1. The van der Waals surface area contributed by atoms with Gasteiger partial charge >= 0.3 is 12.1 Å². The molecule has 0 bridgehead atoms. The maximum atomic E-state index is 13.1. The number of para-hydroxylation sites is 1. The first-order chi connectivity index (χ1) is 10.3. The van der Waals surface area contributed by atoms with Crippen LogP contribution < -0.4 is 4.74 Å². The molecule has 0 spiro atoms. The molecule has 0 radical (unpaired) electrons. The smallest absolute Gasteiger partial charge is 0.419 e. The molecule has 0 aliphatic carbocycles. The van der Waals surface area contributed by atoms with Crippen LogP contribution in [0.4, 0.5) is 13.2 Å². The van der Waals surface area contributed by atoms with E-state index >= 15 is 0 Å². The Morgan fingerprint density at radius 3 is 2.73 bits per heavy atom. The van der Waals surface area contributed by atoms with Crippen molar-refractivity contribution in [3.05, 3.63) is 47.8 Å². The molecule has 0 N–H and O–H groups in total. The number of carbonyl (C=O) groups is 1. The number of tetrazole rings is 1. The molecule has 0 saturated carbocycles. The van der Waals surface area contributed by atoms with Gasteiger partial charge in [0.15, 0.2) is 5.82 Å². The number of benzene rings is 1. The number of esters is 1. The molecule has 1 aromatic heterocycles. The molecule has 0 unspecified atom stereocenters. The van der Waals surface area contributed by atoms with E-state index in [0.29, 0.717) is 5.82 Å². The number of aromatic nitrogens is 4. The number of hydrogen-bond acceptors (Lipinski definition) is 5. The van der Waals surface area contributed by atoms with Crippen LogP contribution in [0, 0.1) is 6.92 Å². The summed E-state index contributed by atoms with van der Waals surface area (Å²) in [7, 11) is 0. The molecule has 1 aromatic carbocycles. The standard InChI is InChI=1S/C13H11F3N4O2/c1-3-11(21)22-12-9(7-20-18-8(2)17-19-20)5-4-6-10(12)13(14,15)16/h3-6H,1,7H2,2H3. The monoisotopic (exact) mass is 312 g/mol. The lowest BCUT2D eigenvalue weighted by atomic mass is 10.1. The zero-order valence-corrected chi connectivity index (χ0v) is 11.5. The molecule has 0 saturated heterocycles. The highest BCUT2D eigenvalue weighted by Gasteiger charge is 2.36. The van der Waals surface area contributed by atoms with Crippen molar-refractivity contribution in [3.8, 4) is 5.75 Å². The second kappa shape index (κ2) is 5.96. The third-order valence-electron chi connectivity index (χ3n) is 2.64. The van der Waals surface area contributed by atoms with Crippen LogP contribution in [0.1, 0.15) is 17.0 Å². The van der Waals surface area contributed by atoms with Gasteiger partial charge in [0.05, 0.1) is 12.1 Å². The van der Waals surface area contributed by atoms with Gasteiger partial charge in [-0.15, -0.1) is 10.2 Å². The molecule has 22 heavy (non-hydrogen) atoms. The van der Waals surface area contributed by atoms with Gasteiger partial charge < -0.3 is 4.74 Å². The topological polar surface area (TPSA) is 69.9 Å². The number of halogens is 3. The average molecular weight is 312 g/mol.